The summed E-state index contributed by atoms with van der Waals surface area (Å²) in [5, 5.41) is 6.00. The first kappa shape index (κ1) is 14.4. The van der Waals surface area contributed by atoms with Crippen molar-refractivity contribution in [1.29, 1.82) is 0 Å². The first-order chi connectivity index (χ1) is 9.47. The molecular formula is C15H22N4O. The van der Waals surface area contributed by atoms with Crippen molar-refractivity contribution in [2.45, 2.75) is 25.8 Å². The highest BCUT2D eigenvalue weighted by atomic mass is 16.2. The van der Waals surface area contributed by atoms with Crippen LogP contribution in [0.15, 0.2) is 29.3 Å². The van der Waals surface area contributed by atoms with Crippen LogP contribution in [0.25, 0.3) is 0 Å². The molecule has 0 aliphatic carbocycles. The number of aliphatic imine (C=N–C) groups is 1. The van der Waals surface area contributed by atoms with Gasteiger partial charge in [0.25, 0.3) is 5.91 Å². The van der Waals surface area contributed by atoms with E-state index in [4.69, 9.17) is 0 Å². The summed E-state index contributed by atoms with van der Waals surface area (Å²) in [4.78, 5) is 18.6. The molecule has 5 heteroatoms. The Morgan fingerprint density at radius 3 is 2.45 bits per heavy atom. The minimum Gasteiger partial charge on any atom is -0.378 e. The zero-order chi connectivity index (χ0) is 14.8. The number of hydrogen-bond acceptors (Lipinski definition) is 3. The third kappa shape index (κ3) is 2.61. The summed E-state index contributed by atoms with van der Waals surface area (Å²) >= 11 is 0. The van der Waals surface area contributed by atoms with E-state index in [1.165, 1.54) is 0 Å². The fourth-order valence-corrected chi connectivity index (χ4v) is 2.16. The van der Waals surface area contributed by atoms with Crippen LogP contribution in [-0.4, -0.2) is 32.5 Å². The van der Waals surface area contributed by atoms with E-state index in [1.807, 2.05) is 50.2 Å². The molecule has 1 aromatic carbocycles. The number of rotatable bonds is 4. The Balaban J connectivity index is 2.24. The van der Waals surface area contributed by atoms with Crippen molar-refractivity contribution >= 4 is 17.6 Å². The van der Waals surface area contributed by atoms with Gasteiger partial charge in [0.15, 0.2) is 5.96 Å². The van der Waals surface area contributed by atoms with Crippen molar-refractivity contribution < 1.29 is 4.79 Å². The molecule has 5 nitrogen and oxygen atoms in total. The molecule has 0 bridgehead atoms. The largest absolute Gasteiger partial charge is 0.378 e. The Hall–Kier alpha value is -2.04. The zero-order valence-electron chi connectivity index (χ0n) is 12.5. The molecule has 1 aromatic rings. The maximum atomic E-state index is 12.2. The molecule has 20 heavy (non-hydrogen) atoms. The highest BCUT2D eigenvalue weighted by Gasteiger charge is 2.42. The summed E-state index contributed by atoms with van der Waals surface area (Å²) < 4.78 is 0. The molecule has 2 rings (SSSR count). The minimum atomic E-state index is -0.753. The summed E-state index contributed by atoms with van der Waals surface area (Å²) in [6, 6.07) is 7.97. The molecule has 0 aromatic heterocycles. The van der Waals surface area contributed by atoms with Crippen LogP contribution < -0.4 is 15.5 Å². The number of carbonyl (C=O) groups is 1. The average Bonchev–Trinajstić information content (AvgIpc) is 2.73. The summed E-state index contributed by atoms with van der Waals surface area (Å²) in [6.07, 6.45) is 0.954. The van der Waals surface area contributed by atoms with E-state index in [1.54, 1.807) is 0 Å². The summed E-state index contributed by atoms with van der Waals surface area (Å²) in [6.45, 7) is 4.64. The van der Waals surface area contributed by atoms with Crippen LogP contribution in [0.4, 0.5) is 5.69 Å². The molecule has 0 radical (unpaired) electrons. The molecule has 2 N–H and O–H groups in total. The van der Waals surface area contributed by atoms with Crippen molar-refractivity contribution in [2.24, 2.45) is 4.99 Å². The molecule has 108 valence electrons. The average molecular weight is 274 g/mol. The Morgan fingerprint density at radius 2 is 1.90 bits per heavy atom. The predicted octanol–water partition coefficient (Wildman–Crippen LogP) is 1.45. The highest BCUT2D eigenvalue weighted by molar-refractivity contribution is 6.09. The summed E-state index contributed by atoms with van der Waals surface area (Å²) in [7, 11) is 3.99. The van der Waals surface area contributed by atoms with E-state index >= 15 is 0 Å². The second kappa shape index (κ2) is 5.53. The van der Waals surface area contributed by atoms with Crippen molar-refractivity contribution in [1.82, 2.24) is 10.6 Å². The fraction of sp³-hybridized carbons (Fsp3) is 0.467. The maximum absolute atomic E-state index is 12.2. The van der Waals surface area contributed by atoms with Gasteiger partial charge in [0.2, 0.25) is 0 Å². The van der Waals surface area contributed by atoms with E-state index < -0.39 is 5.54 Å². The van der Waals surface area contributed by atoms with Gasteiger partial charge in [0, 0.05) is 26.3 Å². The third-order valence-electron chi connectivity index (χ3n) is 3.51. The lowest BCUT2D eigenvalue weighted by Crippen LogP contribution is -2.40. The van der Waals surface area contributed by atoms with Crippen molar-refractivity contribution in [3.05, 3.63) is 29.8 Å². The molecule has 1 atom stereocenters. The number of amides is 1. The van der Waals surface area contributed by atoms with Gasteiger partial charge >= 0.3 is 0 Å². The van der Waals surface area contributed by atoms with Gasteiger partial charge in [-0.3, -0.25) is 15.1 Å². The lowest BCUT2D eigenvalue weighted by molar-refractivity contribution is -0.123. The quantitative estimate of drug-likeness (QED) is 0.874. The van der Waals surface area contributed by atoms with E-state index in [2.05, 4.69) is 22.5 Å². The van der Waals surface area contributed by atoms with Gasteiger partial charge in [-0.25, -0.2) is 0 Å². The van der Waals surface area contributed by atoms with Gasteiger partial charge in [-0.15, -0.1) is 0 Å². The molecule has 0 spiro atoms. The highest BCUT2D eigenvalue weighted by Crippen LogP contribution is 2.26. The van der Waals surface area contributed by atoms with E-state index in [0.717, 1.165) is 17.7 Å². The number of anilines is 1. The van der Waals surface area contributed by atoms with Crippen LogP contribution in [0, 0.1) is 0 Å². The topological polar surface area (TPSA) is 56.7 Å². The molecule has 1 aliphatic heterocycles. The van der Waals surface area contributed by atoms with Crippen LogP contribution in [0.5, 0.6) is 0 Å². The van der Waals surface area contributed by atoms with E-state index in [9.17, 15) is 4.79 Å². The van der Waals surface area contributed by atoms with Crippen LogP contribution in [0.1, 0.15) is 25.8 Å². The molecule has 1 aliphatic rings. The van der Waals surface area contributed by atoms with Gasteiger partial charge < -0.3 is 10.2 Å². The monoisotopic (exact) mass is 274 g/mol. The molecule has 1 saturated heterocycles. The normalized spacial score (nSPS) is 23.6. The van der Waals surface area contributed by atoms with Crippen molar-refractivity contribution in [2.75, 3.05) is 25.5 Å². The molecule has 1 heterocycles. The minimum absolute atomic E-state index is 0.0649. The lowest BCUT2D eigenvalue weighted by atomic mass is 9.92. The van der Waals surface area contributed by atoms with Crippen molar-refractivity contribution in [3.63, 3.8) is 0 Å². The SMILES string of the molecule is CCCN=C1NC(=O)C(C)(c2ccc(N(C)C)cc2)N1. The number of nitrogens with zero attached hydrogens (tertiary/aromatic N) is 2. The van der Waals surface area contributed by atoms with Gasteiger partial charge in [-0.05, 0) is 31.0 Å². The summed E-state index contributed by atoms with van der Waals surface area (Å²) in [5.41, 5.74) is 1.29. The second-order valence-corrected chi connectivity index (χ2v) is 5.38. The van der Waals surface area contributed by atoms with E-state index in [-0.39, 0.29) is 5.91 Å². The molecular weight excluding hydrogens is 252 g/mol. The fourth-order valence-electron chi connectivity index (χ4n) is 2.16. The zero-order valence-corrected chi connectivity index (χ0v) is 12.5. The van der Waals surface area contributed by atoms with Gasteiger partial charge in [-0.2, -0.15) is 0 Å². The Bertz CT molecular complexity index is 521. The first-order valence-corrected chi connectivity index (χ1v) is 6.89. The Morgan fingerprint density at radius 1 is 1.25 bits per heavy atom. The number of nitrogens with one attached hydrogen (secondary N) is 2. The number of hydrogen-bond donors (Lipinski definition) is 2. The summed E-state index contributed by atoms with van der Waals surface area (Å²) in [5.74, 6) is 0.501. The van der Waals surface area contributed by atoms with Crippen LogP contribution in [0.2, 0.25) is 0 Å². The van der Waals surface area contributed by atoms with Gasteiger partial charge in [-0.1, -0.05) is 19.1 Å². The number of benzene rings is 1. The molecule has 1 fully saturated rings. The first-order valence-electron chi connectivity index (χ1n) is 6.89. The Labute approximate surface area is 120 Å². The third-order valence-corrected chi connectivity index (χ3v) is 3.51. The number of carbonyl (C=O) groups excluding carboxylic acids is 1. The van der Waals surface area contributed by atoms with Gasteiger partial charge in [0.1, 0.15) is 5.54 Å². The molecule has 1 unspecified atom stereocenters. The standard InChI is InChI=1S/C15H22N4O/c1-5-10-16-14-17-13(20)15(2,18-14)11-6-8-12(9-7-11)19(3)4/h6-9H,5,10H2,1-4H3,(H2,16,17,18,20). The molecule has 1 amide bonds. The lowest BCUT2D eigenvalue weighted by Gasteiger charge is -2.22. The van der Waals surface area contributed by atoms with E-state index in [0.29, 0.717) is 12.5 Å². The predicted molar refractivity (Wildman–Crippen MR) is 82.0 cm³/mol. The molecule has 0 saturated carbocycles. The van der Waals surface area contributed by atoms with Crippen LogP contribution in [0.3, 0.4) is 0 Å². The smallest absolute Gasteiger partial charge is 0.256 e. The van der Waals surface area contributed by atoms with Crippen LogP contribution in [-0.2, 0) is 10.3 Å². The second-order valence-electron chi connectivity index (χ2n) is 5.38. The Kier molecular flexibility index (Phi) is 3.97. The number of guanidine groups is 1. The van der Waals surface area contributed by atoms with Gasteiger partial charge in [0.05, 0.1) is 0 Å². The van der Waals surface area contributed by atoms with Crippen LogP contribution >= 0.6 is 0 Å². The van der Waals surface area contributed by atoms with Crippen molar-refractivity contribution in [3.8, 4) is 0 Å². The maximum Gasteiger partial charge on any atom is 0.256 e.